The van der Waals surface area contributed by atoms with Crippen LogP contribution < -0.4 is 0 Å². The Kier molecular flexibility index (Phi) is 3.57. The van der Waals surface area contributed by atoms with Crippen LogP contribution in [0.3, 0.4) is 0 Å². The Balaban J connectivity index is 2.55. The lowest BCUT2D eigenvalue weighted by atomic mass is 10.0. The molecule has 0 aromatic heterocycles. The van der Waals surface area contributed by atoms with Crippen molar-refractivity contribution in [2.24, 2.45) is 0 Å². The Hall–Kier alpha value is -1.55. The second kappa shape index (κ2) is 4.98. The van der Waals surface area contributed by atoms with Crippen molar-refractivity contribution in [2.45, 2.75) is 6.92 Å². The summed E-state index contributed by atoms with van der Waals surface area (Å²) in [4.78, 5) is 11.1. The molecular weight excluding hydrogens is 302 g/mol. The van der Waals surface area contributed by atoms with Gasteiger partial charge in [-0.15, -0.1) is 0 Å². The first-order valence-electron chi connectivity index (χ1n) is 5.25. The number of rotatable bonds is 2. The third-order valence-corrected chi connectivity index (χ3v) is 3.24. The van der Waals surface area contributed by atoms with Crippen molar-refractivity contribution < 1.29 is 13.6 Å². The molecule has 0 unspecified atom stereocenters. The van der Waals surface area contributed by atoms with Crippen LogP contribution in [0.5, 0.6) is 0 Å². The Bertz CT molecular complexity index is 606. The van der Waals surface area contributed by atoms with Crippen molar-refractivity contribution in [3.05, 3.63) is 58.1 Å². The summed E-state index contributed by atoms with van der Waals surface area (Å²) in [5.74, 6) is -1.37. The summed E-state index contributed by atoms with van der Waals surface area (Å²) in [6.45, 7) is 1.44. The van der Waals surface area contributed by atoms with Gasteiger partial charge in [0, 0.05) is 5.56 Å². The molecule has 18 heavy (non-hydrogen) atoms. The Morgan fingerprint density at radius 1 is 1.06 bits per heavy atom. The molecule has 0 fully saturated rings. The fourth-order valence-corrected chi connectivity index (χ4v) is 1.99. The summed E-state index contributed by atoms with van der Waals surface area (Å²) in [6.07, 6.45) is 0. The molecule has 0 saturated heterocycles. The molecule has 0 heterocycles. The zero-order chi connectivity index (χ0) is 13.3. The molecule has 0 aliphatic carbocycles. The minimum Gasteiger partial charge on any atom is -0.295 e. The van der Waals surface area contributed by atoms with Crippen LogP contribution in [0.4, 0.5) is 8.78 Å². The molecule has 0 amide bonds. The zero-order valence-corrected chi connectivity index (χ0v) is 11.1. The van der Waals surface area contributed by atoms with E-state index in [0.717, 1.165) is 0 Å². The van der Waals surface area contributed by atoms with Crippen molar-refractivity contribution in [1.82, 2.24) is 0 Å². The molecule has 0 radical (unpaired) electrons. The number of hydrogen-bond acceptors (Lipinski definition) is 1. The predicted molar refractivity (Wildman–Crippen MR) is 69.5 cm³/mol. The number of benzene rings is 2. The van der Waals surface area contributed by atoms with Crippen LogP contribution in [0.2, 0.25) is 0 Å². The minimum atomic E-state index is -0.648. The normalized spacial score (nSPS) is 10.4. The van der Waals surface area contributed by atoms with Gasteiger partial charge in [0.2, 0.25) is 0 Å². The highest BCUT2D eigenvalue weighted by Gasteiger charge is 2.14. The lowest BCUT2D eigenvalue weighted by Crippen LogP contribution is -1.94. The van der Waals surface area contributed by atoms with E-state index in [4.69, 9.17) is 0 Å². The largest absolute Gasteiger partial charge is 0.295 e. The second-order valence-electron chi connectivity index (χ2n) is 3.85. The van der Waals surface area contributed by atoms with Gasteiger partial charge >= 0.3 is 0 Å². The van der Waals surface area contributed by atoms with Crippen LogP contribution in [-0.2, 0) is 0 Å². The molecule has 0 saturated carbocycles. The van der Waals surface area contributed by atoms with E-state index in [1.54, 1.807) is 12.1 Å². The lowest BCUT2D eigenvalue weighted by Gasteiger charge is -2.07. The highest BCUT2D eigenvalue weighted by molar-refractivity contribution is 9.10. The molecule has 1 nitrogen and oxygen atoms in total. The summed E-state index contributed by atoms with van der Waals surface area (Å²) in [5.41, 5.74) is 0.811. The predicted octanol–water partition coefficient (Wildman–Crippen LogP) is 4.60. The first kappa shape index (κ1) is 12.9. The second-order valence-corrected chi connectivity index (χ2v) is 4.71. The van der Waals surface area contributed by atoms with Crippen LogP contribution >= 0.6 is 15.9 Å². The summed E-state index contributed by atoms with van der Waals surface area (Å²) >= 11 is 3.02. The first-order chi connectivity index (χ1) is 8.50. The number of carbonyl (C=O) groups is 1. The number of Topliss-reactive ketones (excluding diaryl/α,β-unsaturated/α-hetero) is 1. The van der Waals surface area contributed by atoms with Crippen molar-refractivity contribution in [1.29, 1.82) is 0 Å². The Morgan fingerprint density at radius 3 is 2.22 bits per heavy atom. The van der Waals surface area contributed by atoms with E-state index in [2.05, 4.69) is 15.9 Å². The number of ketones is 1. The molecule has 2 rings (SSSR count). The number of carbonyl (C=O) groups excluding carboxylic acids is 1. The Labute approximate surface area is 112 Å². The van der Waals surface area contributed by atoms with E-state index in [0.29, 0.717) is 11.1 Å². The average Bonchev–Trinajstić information content (AvgIpc) is 2.35. The molecule has 4 heteroatoms. The molecule has 0 atom stereocenters. The van der Waals surface area contributed by atoms with Gasteiger partial charge in [0.05, 0.1) is 10.0 Å². The number of hydrogen-bond donors (Lipinski definition) is 0. The molecule has 2 aromatic rings. The van der Waals surface area contributed by atoms with Gasteiger partial charge in [-0.3, -0.25) is 4.79 Å². The highest BCUT2D eigenvalue weighted by atomic mass is 79.9. The molecule has 0 spiro atoms. The van der Waals surface area contributed by atoms with E-state index < -0.39 is 11.6 Å². The molecular formula is C14H9BrF2O. The minimum absolute atomic E-state index is 0.0864. The molecule has 0 aliphatic heterocycles. The van der Waals surface area contributed by atoms with Gasteiger partial charge in [-0.05, 0) is 40.5 Å². The van der Waals surface area contributed by atoms with Gasteiger partial charge in [0.15, 0.2) is 5.78 Å². The van der Waals surface area contributed by atoms with Crippen LogP contribution in [-0.4, -0.2) is 5.78 Å². The van der Waals surface area contributed by atoms with Crippen LogP contribution in [0.15, 0.2) is 40.9 Å². The summed E-state index contributed by atoms with van der Waals surface area (Å²) in [6, 6.07) is 8.68. The summed E-state index contributed by atoms with van der Waals surface area (Å²) in [5, 5.41) is 0. The van der Waals surface area contributed by atoms with Crippen molar-refractivity contribution in [3.8, 4) is 11.1 Å². The van der Waals surface area contributed by atoms with Gasteiger partial charge in [0.1, 0.15) is 11.6 Å². The third kappa shape index (κ3) is 2.34. The molecule has 0 aliphatic rings. The standard InChI is InChI=1S/C14H9BrF2O/c1-8(18)9-2-4-10(5-3-9)13-12(16)7-6-11(15)14(13)17/h2-7H,1H3. The number of halogens is 3. The van der Waals surface area contributed by atoms with Gasteiger partial charge in [-0.2, -0.15) is 0 Å². The molecule has 0 bridgehead atoms. The molecule has 92 valence electrons. The van der Waals surface area contributed by atoms with E-state index in [1.165, 1.54) is 31.2 Å². The van der Waals surface area contributed by atoms with Crippen LogP contribution in [0, 0.1) is 11.6 Å². The SMILES string of the molecule is CC(=O)c1ccc(-c2c(F)ccc(Br)c2F)cc1. The first-order valence-corrected chi connectivity index (χ1v) is 6.05. The van der Waals surface area contributed by atoms with Crippen LogP contribution in [0.1, 0.15) is 17.3 Å². The molecule has 2 aromatic carbocycles. The molecule has 0 N–H and O–H groups in total. The highest BCUT2D eigenvalue weighted by Crippen LogP contribution is 2.30. The summed E-state index contributed by atoms with van der Waals surface area (Å²) < 4.78 is 27.7. The van der Waals surface area contributed by atoms with E-state index in [-0.39, 0.29) is 15.8 Å². The topological polar surface area (TPSA) is 17.1 Å². The quantitative estimate of drug-likeness (QED) is 0.585. The van der Waals surface area contributed by atoms with Gasteiger partial charge in [-0.25, -0.2) is 8.78 Å². The monoisotopic (exact) mass is 310 g/mol. The zero-order valence-electron chi connectivity index (χ0n) is 9.51. The summed E-state index contributed by atoms with van der Waals surface area (Å²) in [7, 11) is 0. The Morgan fingerprint density at radius 2 is 1.67 bits per heavy atom. The van der Waals surface area contributed by atoms with Crippen molar-refractivity contribution in [2.75, 3.05) is 0 Å². The maximum Gasteiger partial charge on any atom is 0.159 e. The third-order valence-electron chi connectivity index (χ3n) is 2.62. The van der Waals surface area contributed by atoms with E-state index in [9.17, 15) is 13.6 Å². The van der Waals surface area contributed by atoms with E-state index >= 15 is 0 Å². The van der Waals surface area contributed by atoms with Crippen LogP contribution in [0.25, 0.3) is 11.1 Å². The average molecular weight is 311 g/mol. The maximum absolute atomic E-state index is 13.9. The fourth-order valence-electron chi connectivity index (χ4n) is 1.66. The lowest BCUT2D eigenvalue weighted by molar-refractivity contribution is 0.101. The smallest absolute Gasteiger partial charge is 0.159 e. The van der Waals surface area contributed by atoms with E-state index in [1.807, 2.05) is 0 Å². The van der Waals surface area contributed by atoms with Crippen molar-refractivity contribution in [3.63, 3.8) is 0 Å². The fraction of sp³-hybridized carbons (Fsp3) is 0.0714. The van der Waals surface area contributed by atoms with Crippen molar-refractivity contribution >= 4 is 21.7 Å². The van der Waals surface area contributed by atoms with Gasteiger partial charge in [-0.1, -0.05) is 24.3 Å². The van der Waals surface area contributed by atoms with Gasteiger partial charge in [0.25, 0.3) is 0 Å². The maximum atomic E-state index is 13.9. The van der Waals surface area contributed by atoms with Gasteiger partial charge < -0.3 is 0 Å².